The summed E-state index contributed by atoms with van der Waals surface area (Å²) < 4.78 is 21.7. The van der Waals surface area contributed by atoms with E-state index >= 15 is 0 Å². The highest BCUT2D eigenvalue weighted by atomic mass is 16.6. The third-order valence-electron chi connectivity index (χ3n) is 6.92. The van der Waals surface area contributed by atoms with Crippen LogP contribution in [0.25, 0.3) is 0 Å². The van der Waals surface area contributed by atoms with Gasteiger partial charge in [0.05, 0.1) is 26.4 Å². The van der Waals surface area contributed by atoms with Gasteiger partial charge in [-0.3, -0.25) is 19.2 Å². The van der Waals surface area contributed by atoms with Crippen molar-refractivity contribution in [2.45, 2.75) is 66.2 Å². The van der Waals surface area contributed by atoms with Crippen molar-refractivity contribution in [2.75, 3.05) is 26.4 Å². The number of carbonyl (C=O) groups excluding carboxylic acids is 4. The lowest BCUT2D eigenvalue weighted by Gasteiger charge is -2.41. The SMILES string of the molecule is C=CCCC(C(=O)OCC)(C(=O)OCC)[C@H]1C/C=C\C=C/[C@@H](C(CCC=C)(C(=O)OCC)C(=O)OCC)C1. The largest absolute Gasteiger partial charge is 0.465 e. The molecule has 0 amide bonds. The molecule has 0 fully saturated rings. The minimum Gasteiger partial charge on any atom is -0.465 e. The second-order valence-electron chi connectivity index (χ2n) is 9.07. The Morgan fingerprint density at radius 1 is 0.737 bits per heavy atom. The first-order valence-corrected chi connectivity index (χ1v) is 13.5. The zero-order valence-electron chi connectivity index (χ0n) is 23.4. The highest BCUT2D eigenvalue weighted by Crippen LogP contribution is 2.48. The zero-order valence-corrected chi connectivity index (χ0v) is 23.4. The molecule has 0 aromatic carbocycles. The predicted octanol–water partition coefficient (Wildman–Crippen LogP) is 5.28. The summed E-state index contributed by atoms with van der Waals surface area (Å²) in [5.74, 6) is -4.19. The van der Waals surface area contributed by atoms with Crippen LogP contribution >= 0.6 is 0 Å². The third-order valence-corrected chi connectivity index (χ3v) is 6.92. The Balaban J connectivity index is 3.88. The van der Waals surface area contributed by atoms with Gasteiger partial charge in [0.1, 0.15) is 0 Å². The van der Waals surface area contributed by atoms with E-state index < -0.39 is 46.5 Å². The first-order chi connectivity index (χ1) is 18.3. The van der Waals surface area contributed by atoms with Crippen LogP contribution in [0, 0.1) is 22.7 Å². The minimum atomic E-state index is -1.70. The topological polar surface area (TPSA) is 105 Å². The van der Waals surface area contributed by atoms with E-state index in [2.05, 4.69) is 13.2 Å². The summed E-state index contributed by atoms with van der Waals surface area (Å²) in [5, 5.41) is 0. The number of ether oxygens (including phenoxy) is 4. The zero-order chi connectivity index (χ0) is 28.6. The van der Waals surface area contributed by atoms with E-state index in [9.17, 15) is 19.2 Å². The summed E-state index contributed by atoms with van der Waals surface area (Å²) in [7, 11) is 0. The summed E-state index contributed by atoms with van der Waals surface area (Å²) in [6, 6.07) is 0. The predicted molar refractivity (Wildman–Crippen MR) is 145 cm³/mol. The average molecular weight is 533 g/mol. The molecule has 38 heavy (non-hydrogen) atoms. The van der Waals surface area contributed by atoms with Gasteiger partial charge in [-0.15, -0.1) is 13.2 Å². The molecule has 0 aromatic rings. The van der Waals surface area contributed by atoms with Gasteiger partial charge in [0.25, 0.3) is 0 Å². The number of carbonyl (C=O) groups is 4. The maximum absolute atomic E-state index is 13.6. The Kier molecular flexibility index (Phi) is 14.4. The van der Waals surface area contributed by atoms with E-state index in [1.807, 2.05) is 6.08 Å². The molecule has 0 N–H and O–H groups in total. The highest BCUT2D eigenvalue weighted by Gasteiger charge is 2.58. The van der Waals surface area contributed by atoms with Gasteiger partial charge in [-0.05, 0) is 72.1 Å². The Morgan fingerprint density at radius 3 is 1.58 bits per heavy atom. The number of hydrogen-bond donors (Lipinski definition) is 0. The molecular weight excluding hydrogens is 488 g/mol. The fourth-order valence-corrected chi connectivity index (χ4v) is 5.07. The van der Waals surface area contributed by atoms with Gasteiger partial charge in [-0.1, -0.05) is 36.5 Å². The van der Waals surface area contributed by atoms with Gasteiger partial charge in [0.15, 0.2) is 10.8 Å². The maximum atomic E-state index is 13.6. The Morgan fingerprint density at radius 2 is 1.16 bits per heavy atom. The Bertz CT molecular complexity index is 849. The van der Waals surface area contributed by atoms with Gasteiger partial charge < -0.3 is 18.9 Å². The lowest BCUT2D eigenvalue weighted by Crippen LogP contribution is -2.52. The second-order valence-corrected chi connectivity index (χ2v) is 9.07. The lowest BCUT2D eigenvalue weighted by atomic mass is 9.61. The minimum absolute atomic E-state index is 0.0722. The van der Waals surface area contributed by atoms with Crippen molar-refractivity contribution < 1.29 is 38.1 Å². The molecule has 0 unspecified atom stereocenters. The molecule has 0 spiro atoms. The van der Waals surface area contributed by atoms with E-state index in [0.29, 0.717) is 19.3 Å². The summed E-state index contributed by atoms with van der Waals surface area (Å²) >= 11 is 0. The van der Waals surface area contributed by atoms with E-state index in [1.165, 1.54) is 0 Å². The van der Waals surface area contributed by atoms with Crippen LogP contribution in [0.1, 0.15) is 66.2 Å². The van der Waals surface area contributed by atoms with Crippen molar-refractivity contribution in [1.82, 2.24) is 0 Å². The standard InChI is InChI=1S/C30H44O8/c1-7-13-20-29(25(31)35-9-3,26(32)36-10-4)23-18-16-15-17-19-24(22-23)30(21-14-8-2,27(33)37-11-5)28(34)38-12-6/h7-8,15-18,23-24H,1-2,9-14,19-22H2,3-6H3/b17-15-,18-16-/t23-,24+/m1/s1. The molecule has 1 aliphatic carbocycles. The monoisotopic (exact) mass is 532 g/mol. The maximum Gasteiger partial charge on any atom is 0.324 e. The molecule has 2 atom stereocenters. The molecule has 1 aliphatic rings. The Hall–Kier alpha value is -3.16. The first kappa shape index (κ1) is 32.9. The number of allylic oxidation sites excluding steroid dienone is 6. The molecular formula is C30H44O8. The molecule has 0 saturated carbocycles. The number of hydrogen-bond acceptors (Lipinski definition) is 8. The Labute approximate surface area is 227 Å². The van der Waals surface area contributed by atoms with Crippen LogP contribution in [-0.2, 0) is 38.1 Å². The van der Waals surface area contributed by atoms with Gasteiger partial charge in [0, 0.05) is 5.92 Å². The van der Waals surface area contributed by atoms with Crippen LogP contribution in [0.4, 0.5) is 0 Å². The van der Waals surface area contributed by atoms with Crippen LogP contribution in [-0.4, -0.2) is 50.3 Å². The summed E-state index contributed by atoms with van der Waals surface area (Å²) in [6.07, 6.45) is 11.8. The lowest BCUT2D eigenvalue weighted by molar-refractivity contribution is -0.180. The fourth-order valence-electron chi connectivity index (χ4n) is 5.07. The van der Waals surface area contributed by atoms with Crippen LogP contribution in [0.15, 0.2) is 49.6 Å². The van der Waals surface area contributed by atoms with E-state index in [1.54, 1.807) is 58.1 Å². The number of esters is 4. The van der Waals surface area contributed by atoms with Crippen LogP contribution in [0.3, 0.4) is 0 Å². The van der Waals surface area contributed by atoms with Crippen LogP contribution < -0.4 is 0 Å². The van der Waals surface area contributed by atoms with Crippen molar-refractivity contribution >= 4 is 23.9 Å². The summed E-state index contributed by atoms with van der Waals surface area (Å²) in [4.78, 5) is 54.3. The highest BCUT2D eigenvalue weighted by molar-refractivity contribution is 6.02. The quantitative estimate of drug-likeness (QED) is 0.114. The first-order valence-electron chi connectivity index (χ1n) is 13.5. The van der Waals surface area contributed by atoms with Gasteiger partial charge >= 0.3 is 23.9 Å². The van der Waals surface area contributed by atoms with Crippen molar-refractivity contribution in [1.29, 1.82) is 0 Å². The molecule has 1 rings (SSSR count). The molecule has 0 heterocycles. The molecule has 8 heteroatoms. The smallest absolute Gasteiger partial charge is 0.324 e. The van der Waals surface area contributed by atoms with Crippen LogP contribution in [0.5, 0.6) is 0 Å². The molecule has 0 bridgehead atoms. The summed E-state index contributed by atoms with van der Waals surface area (Å²) in [5.41, 5.74) is -3.37. The van der Waals surface area contributed by atoms with Gasteiger partial charge in [0.2, 0.25) is 0 Å². The van der Waals surface area contributed by atoms with E-state index in [0.717, 1.165) is 0 Å². The van der Waals surface area contributed by atoms with Gasteiger partial charge in [-0.2, -0.15) is 0 Å². The van der Waals surface area contributed by atoms with Crippen molar-refractivity contribution in [3.63, 3.8) is 0 Å². The van der Waals surface area contributed by atoms with E-state index in [-0.39, 0.29) is 45.7 Å². The van der Waals surface area contributed by atoms with Crippen molar-refractivity contribution in [3.8, 4) is 0 Å². The second kappa shape index (κ2) is 16.6. The molecule has 8 nitrogen and oxygen atoms in total. The average Bonchev–Trinajstić information content (AvgIpc) is 2.87. The molecule has 212 valence electrons. The fraction of sp³-hybridized carbons (Fsp3) is 0.600. The number of rotatable bonds is 16. The summed E-state index contributed by atoms with van der Waals surface area (Å²) in [6.45, 7) is 14.5. The normalized spacial score (nSPS) is 19.2. The van der Waals surface area contributed by atoms with Crippen molar-refractivity contribution in [3.05, 3.63) is 49.6 Å². The van der Waals surface area contributed by atoms with Gasteiger partial charge in [-0.25, -0.2) is 0 Å². The van der Waals surface area contributed by atoms with Crippen LogP contribution in [0.2, 0.25) is 0 Å². The molecule has 0 saturated heterocycles. The molecule has 0 aromatic heterocycles. The molecule has 0 aliphatic heterocycles. The van der Waals surface area contributed by atoms with Crippen molar-refractivity contribution in [2.24, 2.45) is 22.7 Å². The third kappa shape index (κ3) is 7.45. The van der Waals surface area contributed by atoms with E-state index in [4.69, 9.17) is 18.9 Å². The molecule has 0 radical (unpaired) electrons.